The van der Waals surface area contributed by atoms with Crippen molar-refractivity contribution >= 4 is 5.91 Å². The second kappa shape index (κ2) is 13.5. The van der Waals surface area contributed by atoms with Crippen LogP contribution < -0.4 is 34.0 Å². The van der Waals surface area contributed by atoms with Crippen molar-refractivity contribution in [2.45, 2.75) is 118 Å². The summed E-state index contributed by atoms with van der Waals surface area (Å²) in [6.07, 6.45) is -12.9. The van der Waals surface area contributed by atoms with Gasteiger partial charge in [-0.05, 0) is 12.8 Å². The van der Waals surface area contributed by atoms with Crippen molar-refractivity contribution in [2.75, 3.05) is 13.1 Å². The standard InChI is InChI=1S/C22H44N6O10/c1-2-3-11(29)28-6-10-14(30)12(26)17(33)22(36-10)38-20-8(25)4-7(24)19(18(20)34)37-21-13(27)16(32)15(31)9(5-23)35-21/h7-10,12-22,30-34H,2-6,23-27H2,1H3,(H,28,29). The molecule has 3 fully saturated rings. The first kappa shape index (κ1) is 31.4. The van der Waals surface area contributed by atoms with E-state index < -0.39 is 91.7 Å². The Morgan fingerprint density at radius 3 is 1.97 bits per heavy atom. The van der Waals surface area contributed by atoms with Crippen molar-refractivity contribution in [2.24, 2.45) is 28.7 Å². The van der Waals surface area contributed by atoms with Gasteiger partial charge in [0.25, 0.3) is 0 Å². The SMILES string of the molecule is CCCC(=O)NCC1OC(OC2C(N)CC(N)C(OC3OC(CN)C(O)C(O)C3N)C2O)C(O)C(N)C1O. The number of nitrogens with one attached hydrogen (secondary N) is 1. The zero-order valence-corrected chi connectivity index (χ0v) is 21.4. The van der Waals surface area contributed by atoms with E-state index in [4.69, 9.17) is 47.6 Å². The molecule has 0 aromatic heterocycles. The van der Waals surface area contributed by atoms with Crippen LogP contribution in [0.4, 0.5) is 0 Å². The molecule has 15 atom stereocenters. The topological polar surface area (TPSA) is 297 Å². The van der Waals surface area contributed by atoms with Crippen LogP contribution in [0, 0.1) is 0 Å². The average molecular weight is 553 g/mol. The van der Waals surface area contributed by atoms with Crippen LogP contribution in [0.1, 0.15) is 26.2 Å². The first-order chi connectivity index (χ1) is 17.9. The van der Waals surface area contributed by atoms with Gasteiger partial charge in [0.15, 0.2) is 12.6 Å². The van der Waals surface area contributed by atoms with Gasteiger partial charge in [-0.3, -0.25) is 4.79 Å². The highest BCUT2D eigenvalue weighted by molar-refractivity contribution is 5.75. The second-order valence-corrected chi connectivity index (χ2v) is 10.2. The molecule has 1 amide bonds. The van der Waals surface area contributed by atoms with Crippen LogP contribution in [0.2, 0.25) is 0 Å². The quantitative estimate of drug-likeness (QED) is 0.127. The van der Waals surface area contributed by atoms with Crippen LogP contribution in [0.3, 0.4) is 0 Å². The Kier molecular flexibility index (Phi) is 11.2. The molecule has 3 aliphatic rings. The Labute approximate surface area is 220 Å². The minimum Gasteiger partial charge on any atom is -0.389 e. The number of rotatable bonds is 9. The predicted octanol–water partition coefficient (Wildman–Crippen LogP) is -6.40. The summed E-state index contributed by atoms with van der Waals surface area (Å²) in [5, 5.41) is 55.2. The predicted molar refractivity (Wildman–Crippen MR) is 131 cm³/mol. The third-order valence-electron chi connectivity index (χ3n) is 7.36. The molecule has 1 aliphatic carbocycles. The molecule has 15 unspecified atom stereocenters. The smallest absolute Gasteiger partial charge is 0.220 e. The van der Waals surface area contributed by atoms with Crippen molar-refractivity contribution in [3.05, 3.63) is 0 Å². The molecule has 2 saturated heterocycles. The van der Waals surface area contributed by atoms with Gasteiger partial charge in [-0.25, -0.2) is 0 Å². The monoisotopic (exact) mass is 552 g/mol. The van der Waals surface area contributed by atoms with E-state index in [1.54, 1.807) is 0 Å². The van der Waals surface area contributed by atoms with Crippen molar-refractivity contribution in [1.29, 1.82) is 0 Å². The van der Waals surface area contributed by atoms with Gasteiger partial charge in [-0.2, -0.15) is 0 Å². The molecule has 0 radical (unpaired) electrons. The van der Waals surface area contributed by atoms with E-state index in [9.17, 15) is 30.3 Å². The molecule has 16 heteroatoms. The normalized spacial score (nSPS) is 48.0. The number of hydrogen-bond acceptors (Lipinski definition) is 15. The lowest BCUT2D eigenvalue weighted by Gasteiger charge is -2.48. The van der Waals surface area contributed by atoms with E-state index in [0.29, 0.717) is 12.8 Å². The first-order valence-corrected chi connectivity index (χ1v) is 12.9. The van der Waals surface area contributed by atoms with E-state index in [-0.39, 0.29) is 25.4 Å². The molecule has 2 aliphatic heterocycles. The maximum Gasteiger partial charge on any atom is 0.220 e. The fraction of sp³-hybridized carbons (Fsp3) is 0.955. The zero-order chi connectivity index (χ0) is 28.3. The summed E-state index contributed by atoms with van der Waals surface area (Å²) in [5.74, 6) is -0.239. The largest absolute Gasteiger partial charge is 0.389 e. The van der Waals surface area contributed by atoms with Crippen LogP contribution in [0.25, 0.3) is 0 Å². The summed E-state index contributed by atoms with van der Waals surface area (Å²) in [6.45, 7) is 1.65. The summed E-state index contributed by atoms with van der Waals surface area (Å²) >= 11 is 0. The lowest BCUT2D eigenvalue weighted by Crippen LogP contribution is -2.69. The van der Waals surface area contributed by atoms with E-state index in [2.05, 4.69) is 5.32 Å². The molecular formula is C22H44N6O10. The maximum absolute atomic E-state index is 11.9. The van der Waals surface area contributed by atoms with Gasteiger partial charge < -0.3 is 78.5 Å². The van der Waals surface area contributed by atoms with Gasteiger partial charge in [-0.15, -0.1) is 0 Å². The number of ether oxygens (including phenoxy) is 4. The van der Waals surface area contributed by atoms with Crippen LogP contribution in [0.15, 0.2) is 0 Å². The minimum absolute atomic E-state index is 0.0798. The summed E-state index contributed by atoms with van der Waals surface area (Å²) in [4.78, 5) is 11.9. The zero-order valence-electron chi connectivity index (χ0n) is 21.4. The number of carbonyl (C=O) groups is 1. The Morgan fingerprint density at radius 1 is 0.816 bits per heavy atom. The van der Waals surface area contributed by atoms with E-state index >= 15 is 0 Å². The Balaban J connectivity index is 1.70. The minimum atomic E-state index is -1.49. The van der Waals surface area contributed by atoms with Gasteiger partial charge >= 0.3 is 0 Å². The lowest BCUT2D eigenvalue weighted by atomic mass is 9.84. The molecule has 0 aromatic carbocycles. The molecule has 0 aromatic rings. The Hall–Kier alpha value is -1.09. The molecular weight excluding hydrogens is 508 g/mol. The van der Waals surface area contributed by atoms with Gasteiger partial charge in [0, 0.05) is 31.6 Å². The van der Waals surface area contributed by atoms with Crippen molar-refractivity contribution < 1.29 is 49.3 Å². The number of amides is 1. The highest BCUT2D eigenvalue weighted by Crippen LogP contribution is 2.31. The molecule has 0 spiro atoms. The molecule has 1 saturated carbocycles. The van der Waals surface area contributed by atoms with Gasteiger partial charge in [0.05, 0.1) is 18.2 Å². The summed E-state index contributed by atoms with van der Waals surface area (Å²) < 4.78 is 23.1. The van der Waals surface area contributed by atoms with Gasteiger partial charge in [0.1, 0.15) is 48.8 Å². The summed E-state index contributed by atoms with van der Waals surface area (Å²) in [5.41, 5.74) is 30.0. The molecule has 0 bridgehead atoms. The molecule has 16 N–H and O–H groups in total. The number of hydrogen-bond donors (Lipinski definition) is 11. The van der Waals surface area contributed by atoms with E-state index in [1.807, 2.05) is 6.92 Å². The van der Waals surface area contributed by atoms with Gasteiger partial charge in [-0.1, -0.05) is 6.92 Å². The Bertz CT molecular complexity index is 770. The van der Waals surface area contributed by atoms with Crippen LogP contribution in [0.5, 0.6) is 0 Å². The molecule has 222 valence electrons. The highest BCUT2D eigenvalue weighted by Gasteiger charge is 2.51. The highest BCUT2D eigenvalue weighted by atomic mass is 16.7. The molecule has 16 nitrogen and oxygen atoms in total. The van der Waals surface area contributed by atoms with Crippen molar-refractivity contribution in [1.82, 2.24) is 5.32 Å². The molecule has 2 heterocycles. The number of aliphatic hydroxyl groups is 5. The van der Waals surface area contributed by atoms with Crippen LogP contribution >= 0.6 is 0 Å². The third kappa shape index (κ3) is 6.79. The second-order valence-electron chi connectivity index (χ2n) is 10.2. The lowest BCUT2D eigenvalue weighted by molar-refractivity contribution is -0.316. The first-order valence-electron chi connectivity index (χ1n) is 12.9. The molecule has 3 rings (SSSR count). The summed E-state index contributed by atoms with van der Waals surface area (Å²) in [7, 11) is 0. The van der Waals surface area contributed by atoms with Crippen molar-refractivity contribution in [3.8, 4) is 0 Å². The van der Waals surface area contributed by atoms with Crippen LogP contribution in [-0.2, 0) is 23.7 Å². The third-order valence-corrected chi connectivity index (χ3v) is 7.36. The molecule has 38 heavy (non-hydrogen) atoms. The fourth-order valence-electron chi connectivity index (χ4n) is 4.99. The van der Waals surface area contributed by atoms with Gasteiger partial charge in [0.2, 0.25) is 5.91 Å². The van der Waals surface area contributed by atoms with Crippen LogP contribution in [-0.4, -0.2) is 136 Å². The fourth-order valence-corrected chi connectivity index (χ4v) is 4.99. The van der Waals surface area contributed by atoms with E-state index in [0.717, 1.165) is 0 Å². The Morgan fingerprint density at radius 2 is 1.39 bits per heavy atom. The average Bonchev–Trinajstić information content (AvgIpc) is 2.88. The number of aliphatic hydroxyl groups excluding tert-OH is 5. The maximum atomic E-state index is 11.9. The van der Waals surface area contributed by atoms with Crippen molar-refractivity contribution in [3.63, 3.8) is 0 Å². The summed E-state index contributed by atoms with van der Waals surface area (Å²) in [6, 6.07) is -3.96. The van der Waals surface area contributed by atoms with E-state index in [1.165, 1.54) is 0 Å². The number of carbonyl (C=O) groups excluding carboxylic acids is 1. The number of nitrogens with two attached hydrogens (primary N) is 5.